The molecule has 0 radical (unpaired) electrons. The lowest BCUT2D eigenvalue weighted by atomic mass is 9.92. The highest BCUT2D eigenvalue weighted by molar-refractivity contribution is 6.02. The highest BCUT2D eigenvalue weighted by Gasteiger charge is 2.32. The maximum absolute atomic E-state index is 12.9. The number of nitrogens with one attached hydrogen (secondary N) is 1. The highest BCUT2D eigenvalue weighted by Crippen LogP contribution is 2.32. The zero-order chi connectivity index (χ0) is 39.4. The molecule has 1 aromatic heterocycles. The molecule has 0 bridgehead atoms. The molecule has 0 saturated carbocycles. The maximum atomic E-state index is 12.9. The molecule has 3 saturated heterocycles. The standard InChI is InChI=1S/C31H38N6O4.C10H12.C6H6/c1-34-27-19-24(7-8-25(27)30(33-34)26-9-10-28(38)32-31(26)40)41-21-29(39)37-13-11-22(12-14-37)20-35-15-17-36(18-16-35)23-5-3-2-4-6-23;1-2-6-10-8-4-3-7-9(10)5-1;1-2-4-6-5-3-1/h2-8,19,22,26H,9-18,20-21H2,1H3,(H,32,38,40);1-2,5-6H,3-4,7-8H2;1-6H. The summed E-state index contributed by atoms with van der Waals surface area (Å²) in [7, 11) is 1.82. The first kappa shape index (κ1) is 39.7. The van der Waals surface area contributed by atoms with E-state index in [0.717, 1.165) is 69.6 Å². The fourth-order valence-corrected chi connectivity index (χ4v) is 8.42. The summed E-state index contributed by atoms with van der Waals surface area (Å²) < 4.78 is 7.62. The summed E-state index contributed by atoms with van der Waals surface area (Å²) in [6, 6.07) is 37.0. The summed E-state index contributed by atoms with van der Waals surface area (Å²) >= 11 is 0. The molecule has 10 nitrogen and oxygen atoms in total. The van der Waals surface area contributed by atoms with Crippen LogP contribution in [-0.4, -0.2) is 89.7 Å². The van der Waals surface area contributed by atoms with Crippen LogP contribution in [0, 0.1) is 5.92 Å². The molecule has 1 unspecified atom stereocenters. The second-order valence-corrected chi connectivity index (χ2v) is 15.6. The Morgan fingerprint density at radius 2 is 1.35 bits per heavy atom. The Kier molecular flexibility index (Phi) is 13.7. The number of carbonyl (C=O) groups is 3. The molecule has 298 valence electrons. The van der Waals surface area contributed by atoms with Crippen LogP contribution in [-0.2, 0) is 34.3 Å². The smallest absolute Gasteiger partial charge is 0.260 e. The number of piperazine rings is 1. The predicted octanol–water partition coefficient (Wildman–Crippen LogP) is 6.79. The van der Waals surface area contributed by atoms with Gasteiger partial charge in [0.15, 0.2) is 6.61 Å². The van der Waals surface area contributed by atoms with Gasteiger partial charge in [0.1, 0.15) is 5.75 Å². The maximum Gasteiger partial charge on any atom is 0.260 e. The molecular weight excluding hydrogens is 713 g/mol. The number of hydrogen-bond acceptors (Lipinski definition) is 7. The Balaban J connectivity index is 0.000000254. The van der Waals surface area contributed by atoms with Crippen molar-refractivity contribution >= 4 is 34.3 Å². The van der Waals surface area contributed by atoms with Crippen LogP contribution in [0.15, 0.2) is 109 Å². The number of piperidine rings is 2. The van der Waals surface area contributed by atoms with Gasteiger partial charge < -0.3 is 14.5 Å². The molecule has 1 aliphatic carbocycles. The predicted molar refractivity (Wildman–Crippen MR) is 225 cm³/mol. The number of hydrogen-bond donors (Lipinski definition) is 1. The van der Waals surface area contributed by atoms with Crippen LogP contribution in [0.25, 0.3) is 10.9 Å². The minimum atomic E-state index is -0.452. The molecule has 4 heterocycles. The Bertz CT molecular complexity index is 2020. The van der Waals surface area contributed by atoms with E-state index in [1.165, 1.54) is 31.4 Å². The number of ether oxygens (including phenoxy) is 1. The minimum absolute atomic E-state index is 0.00449. The normalized spacial score (nSPS) is 18.7. The zero-order valence-electron chi connectivity index (χ0n) is 33.2. The minimum Gasteiger partial charge on any atom is -0.484 e. The van der Waals surface area contributed by atoms with E-state index >= 15 is 0 Å². The number of fused-ring (bicyclic) bond motifs is 2. The lowest BCUT2D eigenvalue weighted by Crippen LogP contribution is -2.49. The van der Waals surface area contributed by atoms with Crippen LogP contribution in [0.2, 0.25) is 0 Å². The quantitative estimate of drug-likeness (QED) is 0.182. The van der Waals surface area contributed by atoms with E-state index in [0.29, 0.717) is 30.2 Å². The van der Waals surface area contributed by atoms with Gasteiger partial charge in [0.2, 0.25) is 11.8 Å². The second-order valence-electron chi connectivity index (χ2n) is 15.6. The van der Waals surface area contributed by atoms with E-state index in [4.69, 9.17) is 4.74 Å². The van der Waals surface area contributed by atoms with Crippen molar-refractivity contribution in [1.29, 1.82) is 0 Å². The molecule has 5 aromatic rings. The van der Waals surface area contributed by atoms with Crippen molar-refractivity contribution in [2.75, 3.05) is 57.3 Å². The largest absolute Gasteiger partial charge is 0.484 e. The molecule has 3 aliphatic heterocycles. The van der Waals surface area contributed by atoms with E-state index in [1.807, 2.05) is 66.5 Å². The van der Waals surface area contributed by atoms with Gasteiger partial charge in [-0.2, -0.15) is 5.10 Å². The van der Waals surface area contributed by atoms with Crippen molar-refractivity contribution in [3.8, 4) is 5.75 Å². The number of rotatable bonds is 7. The molecule has 4 aliphatic rings. The van der Waals surface area contributed by atoms with Crippen LogP contribution >= 0.6 is 0 Å². The number of para-hydroxylation sites is 1. The Hall–Kier alpha value is -5.48. The Morgan fingerprint density at radius 1 is 0.737 bits per heavy atom. The van der Waals surface area contributed by atoms with Crippen LogP contribution < -0.4 is 15.0 Å². The average molecular weight is 769 g/mol. The van der Waals surface area contributed by atoms with Crippen molar-refractivity contribution in [3.05, 3.63) is 126 Å². The van der Waals surface area contributed by atoms with Gasteiger partial charge in [-0.05, 0) is 86.3 Å². The van der Waals surface area contributed by atoms with Gasteiger partial charge in [-0.15, -0.1) is 0 Å². The van der Waals surface area contributed by atoms with E-state index in [9.17, 15) is 14.4 Å². The fraction of sp³-hybridized carbons (Fsp3) is 0.404. The van der Waals surface area contributed by atoms with E-state index < -0.39 is 5.92 Å². The summed E-state index contributed by atoms with van der Waals surface area (Å²) in [6.45, 7) is 6.92. The molecule has 57 heavy (non-hydrogen) atoms. The SMILES string of the molecule is Cn1nc(C2CCC(=O)NC2=O)c2ccc(OCC(=O)N3CCC(CN4CCN(c5ccccc5)CC4)CC3)cc21.c1ccc2c(c1)CCCC2.c1ccccc1. The first-order valence-electron chi connectivity index (χ1n) is 20.7. The molecule has 0 spiro atoms. The number of aryl methyl sites for hydroxylation is 3. The zero-order valence-corrected chi connectivity index (χ0v) is 33.2. The number of aromatic nitrogens is 2. The Labute approximate surface area is 336 Å². The molecular formula is C47H56N6O4. The third-order valence-corrected chi connectivity index (χ3v) is 11.7. The number of imide groups is 1. The Morgan fingerprint density at radius 3 is 1.98 bits per heavy atom. The molecule has 1 atom stereocenters. The van der Waals surface area contributed by atoms with Gasteiger partial charge in [0.25, 0.3) is 5.91 Å². The van der Waals surface area contributed by atoms with Crippen molar-refractivity contribution < 1.29 is 19.1 Å². The highest BCUT2D eigenvalue weighted by atomic mass is 16.5. The number of carbonyl (C=O) groups excluding carboxylic acids is 3. The van der Waals surface area contributed by atoms with E-state index in [2.05, 4.69) is 74.8 Å². The van der Waals surface area contributed by atoms with E-state index in [-0.39, 0.29) is 24.3 Å². The van der Waals surface area contributed by atoms with Gasteiger partial charge in [-0.1, -0.05) is 78.9 Å². The summed E-state index contributed by atoms with van der Waals surface area (Å²) in [4.78, 5) is 43.8. The fourth-order valence-electron chi connectivity index (χ4n) is 8.42. The van der Waals surface area contributed by atoms with Gasteiger partial charge in [0, 0.05) is 76.4 Å². The molecule has 10 heteroatoms. The summed E-state index contributed by atoms with van der Waals surface area (Å²) in [6.07, 6.45) is 8.18. The first-order valence-corrected chi connectivity index (χ1v) is 20.7. The molecule has 1 N–H and O–H groups in total. The van der Waals surface area contributed by atoms with Gasteiger partial charge in [0.05, 0.1) is 17.1 Å². The second kappa shape index (κ2) is 19.6. The van der Waals surface area contributed by atoms with Crippen LogP contribution in [0.5, 0.6) is 5.75 Å². The number of amides is 3. The summed E-state index contributed by atoms with van der Waals surface area (Å²) in [5.74, 6) is 0.221. The molecule has 3 fully saturated rings. The van der Waals surface area contributed by atoms with Gasteiger partial charge in [-0.3, -0.25) is 29.3 Å². The number of benzene rings is 4. The first-order chi connectivity index (χ1) is 27.9. The third kappa shape index (κ3) is 10.7. The van der Waals surface area contributed by atoms with Crippen LogP contribution in [0.3, 0.4) is 0 Å². The van der Waals surface area contributed by atoms with Crippen LogP contribution in [0.4, 0.5) is 5.69 Å². The van der Waals surface area contributed by atoms with Crippen molar-refractivity contribution in [2.45, 2.75) is 57.3 Å². The monoisotopic (exact) mass is 768 g/mol. The number of likely N-dealkylation sites (tertiary alicyclic amines) is 1. The number of anilines is 1. The van der Waals surface area contributed by atoms with Gasteiger partial charge >= 0.3 is 0 Å². The van der Waals surface area contributed by atoms with Crippen molar-refractivity contribution in [1.82, 2.24) is 24.9 Å². The van der Waals surface area contributed by atoms with Crippen LogP contribution in [0.1, 0.15) is 61.3 Å². The number of nitrogens with zero attached hydrogens (tertiary/aromatic N) is 5. The van der Waals surface area contributed by atoms with Crippen molar-refractivity contribution in [3.63, 3.8) is 0 Å². The third-order valence-electron chi connectivity index (χ3n) is 11.7. The lowest BCUT2D eigenvalue weighted by Gasteiger charge is -2.39. The van der Waals surface area contributed by atoms with E-state index in [1.54, 1.807) is 15.8 Å². The molecule has 3 amide bonds. The van der Waals surface area contributed by atoms with Gasteiger partial charge in [-0.25, -0.2) is 0 Å². The molecule has 9 rings (SSSR count). The summed E-state index contributed by atoms with van der Waals surface area (Å²) in [5.41, 5.74) is 5.94. The van der Waals surface area contributed by atoms with Crippen molar-refractivity contribution in [2.24, 2.45) is 13.0 Å². The summed E-state index contributed by atoms with van der Waals surface area (Å²) in [5, 5.41) is 7.83. The lowest BCUT2D eigenvalue weighted by molar-refractivity contribution is -0.135. The topological polar surface area (TPSA) is 100 Å². The average Bonchev–Trinajstić information content (AvgIpc) is 3.59. The molecule has 4 aromatic carbocycles.